The molecule has 1 aliphatic rings. The van der Waals surface area contributed by atoms with Gasteiger partial charge in [0, 0.05) is 24.2 Å². The smallest absolute Gasteiger partial charge is 0.297 e. The van der Waals surface area contributed by atoms with E-state index in [1.54, 1.807) is 43.4 Å². The van der Waals surface area contributed by atoms with Gasteiger partial charge in [0.25, 0.3) is 11.4 Å². The molecule has 0 spiro atoms. The molecule has 5 aromatic rings. The number of aromatic nitrogens is 3. The molecule has 0 aliphatic carbocycles. The summed E-state index contributed by atoms with van der Waals surface area (Å²) in [6.45, 7) is 0.483. The number of fused-ring (bicyclic) bond motifs is 2. The average molecular weight is 528 g/mol. The van der Waals surface area contributed by atoms with Crippen LogP contribution in [0, 0.1) is 0 Å². The van der Waals surface area contributed by atoms with Crippen molar-refractivity contribution in [3.8, 4) is 17.3 Å². The standard InChI is InChI=1S/C28H22ClN5O4/c1-33-27(37)24(35)22(26-31-20-8-4-5-9-21(20)38-26)32-28(33)34-13-12-15-10-11-16(25(30)36)14-18(15)23(34)17-6-2-3-7-19(17)29/h2-11,14,23,35H,12-13H2,1H3,(H2,30,36). The van der Waals surface area contributed by atoms with Gasteiger partial charge in [-0.3, -0.25) is 14.2 Å². The van der Waals surface area contributed by atoms with Gasteiger partial charge in [-0.05, 0) is 53.4 Å². The van der Waals surface area contributed by atoms with Gasteiger partial charge in [0.2, 0.25) is 17.6 Å². The van der Waals surface area contributed by atoms with Crippen LogP contribution in [0.1, 0.15) is 33.1 Å². The number of carbonyl (C=O) groups is 1. The minimum atomic E-state index is -0.651. The zero-order chi connectivity index (χ0) is 26.6. The SMILES string of the molecule is Cn1c(N2CCc3ccc(C(N)=O)cc3C2c2ccccc2Cl)nc(-c2nc3ccccc3o2)c(O)c1=O. The molecule has 10 heteroatoms. The van der Waals surface area contributed by atoms with Crippen LogP contribution in [-0.4, -0.2) is 32.1 Å². The van der Waals surface area contributed by atoms with Crippen LogP contribution in [0.2, 0.25) is 5.02 Å². The summed E-state index contributed by atoms with van der Waals surface area (Å²) >= 11 is 6.68. The van der Waals surface area contributed by atoms with Gasteiger partial charge in [-0.15, -0.1) is 0 Å². The van der Waals surface area contributed by atoms with Crippen molar-refractivity contribution in [2.75, 3.05) is 11.4 Å². The molecule has 1 unspecified atom stereocenters. The van der Waals surface area contributed by atoms with Gasteiger partial charge in [0.1, 0.15) is 5.52 Å². The molecule has 0 bridgehead atoms. The Labute approximate surface area is 221 Å². The lowest BCUT2D eigenvalue weighted by Crippen LogP contribution is -2.40. The number of primary amides is 1. The van der Waals surface area contributed by atoms with Crippen molar-refractivity contribution in [1.82, 2.24) is 14.5 Å². The number of nitrogens with two attached hydrogens (primary N) is 1. The third-order valence-corrected chi connectivity index (χ3v) is 7.20. The fraction of sp³-hybridized carbons (Fsp3) is 0.143. The van der Waals surface area contributed by atoms with Crippen LogP contribution in [0.5, 0.6) is 5.75 Å². The molecule has 3 aromatic carbocycles. The number of rotatable bonds is 4. The maximum Gasteiger partial charge on any atom is 0.297 e. The second kappa shape index (κ2) is 9.04. The third-order valence-electron chi connectivity index (χ3n) is 6.86. The van der Waals surface area contributed by atoms with Crippen molar-refractivity contribution >= 4 is 34.6 Å². The summed E-state index contributed by atoms with van der Waals surface area (Å²) in [6.07, 6.45) is 0.615. The number of aromatic hydroxyl groups is 1. The first-order chi connectivity index (χ1) is 18.3. The number of hydrogen-bond donors (Lipinski definition) is 2. The second-order valence-corrected chi connectivity index (χ2v) is 9.51. The molecule has 3 heterocycles. The van der Waals surface area contributed by atoms with E-state index in [0.717, 1.165) is 16.7 Å². The van der Waals surface area contributed by atoms with Crippen LogP contribution in [-0.2, 0) is 13.5 Å². The van der Waals surface area contributed by atoms with Crippen LogP contribution in [0.25, 0.3) is 22.7 Å². The fourth-order valence-corrected chi connectivity index (χ4v) is 5.21. The van der Waals surface area contributed by atoms with E-state index in [9.17, 15) is 14.7 Å². The Morgan fingerprint density at radius 3 is 2.61 bits per heavy atom. The lowest BCUT2D eigenvalue weighted by molar-refractivity contribution is 0.1000. The van der Waals surface area contributed by atoms with E-state index in [2.05, 4.69) is 4.98 Å². The molecular formula is C28H22ClN5O4. The molecule has 1 aliphatic heterocycles. The number of oxazole rings is 1. The molecule has 9 nitrogen and oxygen atoms in total. The Bertz CT molecular complexity index is 1760. The van der Waals surface area contributed by atoms with E-state index in [4.69, 9.17) is 26.7 Å². The van der Waals surface area contributed by atoms with Crippen molar-refractivity contribution in [3.05, 3.63) is 104 Å². The Hall–Kier alpha value is -4.63. The van der Waals surface area contributed by atoms with E-state index in [1.807, 2.05) is 35.2 Å². The number of carbonyl (C=O) groups excluding carboxylic acids is 1. The largest absolute Gasteiger partial charge is 0.501 e. The van der Waals surface area contributed by atoms with Gasteiger partial charge in [0.05, 0.1) is 6.04 Å². The monoisotopic (exact) mass is 527 g/mol. The summed E-state index contributed by atoms with van der Waals surface area (Å²) in [4.78, 5) is 36.3. The second-order valence-electron chi connectivity index (χ2n) is 9.11. The van der Waals surface area contributed by atoms with E-state index < -0.39 is 23.3 Å². The molecule has 0 saturated carbocycles. The average Bonchev–Trinajstić information content (AvgIpc) is 3.35. The van der Waals surface area contributed by atoms with Crippen LogP contribution in [0.15, 0.2) is 75.9 Å². The van der Waals surface area contributed by atoms with Crippen molar-refractivity contribution in [2.24, 2.45) is 12.8 Å². The summed E-state index contributed by atoms with van der Waals surface area (Å²) < 4.78 is 7.11. The van der Waals surface area contributed by atoms with Gasteiger partial charge in [-0.25, -0.2) is 9.97 Å². The topological polar surface area (TPSA) is 127 Å². The summed E-state index contributed by atoms with van der Waals surface area (Å²) in [5.74, 6) is -0.794. The Morgan fingerprint density at radius 2 is 1.84 bits per heavy atom. The molecule has 38 heavy (non-hydrogen) atoms. The highest BCUT2D eigenvalue weighted by molar-refractivity contribution is 6.31. The molecule has 190 valence electrons. The Balaban J connectivity index is 1.58. The maximum absolute atomic E-state index is 13.2. The molecule has 1 atom stereocenters. The molecule has 2 aromatic heterocycles. The number of nitrogens with zero attached hydrogens (tertiary/aromatic N) is 4. The normalized spacial score (nSPS) is 15.0. The molecule has 3 N–H and O–H groups in total. The minimum absolute atomic E-state index is 0.0327. The highest BCUT2D eigenvalue weighted by Gasteiger charge is 2.34. The molecule has 1 amide bonds. The highest BCUT2D eigenvalue weighted by atomic mass is 35.5. The highest BCUT2D eigenvalue weighted by Crippen LogP contribution is 2.41. The van der Waals surface area contributed by atoms with Crippen LogP contribution in [0.3, 0.4) is 0 Å². The van der Waals surface area contributed by atoms with Crippen molar-refractivity contribution < 1.29 is 14.3 Å². The summed E-state index contributed by atoms with van der Waals surface area (Å²) in [7, 11) is 1.54. The van der Waals surface area contributed by atoms with Gasteiger partial charge in [-0.2, -0.15) is 0 Å². The fourth-order valence-electron chi connectivity index (χ4n) is 4.97. The number of halogens is 1. The summed E-state index contributed by atoms with van der Waals surface area (Å²) in [6, 6.07) is 19.4. The first-order valence-corrected chi connectivity index (χ1v) is 12.3. The molecule has 0 radical (unpaired) electrons. The summed E-state index contributed by atoms with van der Waals surface area (Å²) in [5, 5.41) is 11.3. The Kier molecular flexibility index (Phi) is 5.65. The predicted molar refractivity (Wildman–Crippen MR) is 143 cm³/mol. The molecule has 0 saturated heterocycles. The lowest BCUT2D eigenvalue weighted by Gasteiger charge is -2.39. The maximum atomic E-state index is 13.2. The predicted octanol–water partition coefficient (Wildman–Crippen LogP) is 4.20. The number of para-hydroxylation sites is 2. The first kappa shape index (κ1) is 23.7. The zero-order valence-corrected chi connectivity index (χ0v) is 21.0. The van der Waals surface area contributed by atoms with E-state index >= 15 is 0 Å². The van der Waals surface area contributed by atoms with Crippen LogP contribution in [0.4, 0.5) is 5.95 Å². The van der Waals surface area contributed by atoms with Crippen molar-refractivity contribution in [2.45, 2.75) is 12.5 Å². The van der Waals surface area contributed by atoms with Crippen LogP contribution >= 0.6 is 11.6 Å². The Morgan fingerprint density at radius 1 is 1.08 bits per heavy atom. The van der Waals surface area contributed by atoms with E-state index in [1.165, 1.54) is 4.57 Å². The minimum Gasteiger partial charge on any atom is -0.501 e. The third kappa shape index (κ3) is 3.79. The first-order valence-electron chi connectivity index (χ1n) is 11.9. The number of benzene rings is 3. The molecule has 0 fully saturated rings. The van der Waals surface area contributed by atoms with E-state index in [0.29, 0.717) is 34.7 Å². The van der Waals surface area contributed by atoms with Crippen LogP contribution < -0.4 is 16.2 Å². The van der Waals surface area contributed by atoms with E-state index in [-0.39, 0.29) is 17.5 Å². The molecular weight excluding hydrogens is 506 g/mol. The quantitative estimate of drug-likeness (QED) is 0.358. The molecule has 6 rings (SSSR count). The van der Waals surface area contributed by atoms with Crippen molar-refractivity contribution in [3.63, 3.8) is 0 Å². The van der Waals surface area contributed by atoms with Gasteiger partial charge in [-0.1, -0.05) is 48.0 Å². The lowest BCUT2D eigenvalue weighted by atomic mass is 9.87. The van der Waals surface area contributed by atoms with Crippen molar-refractivity contribution in [1.29, 1.82) is 0 Å². The van der Waals surface area contributed by atoms with Gasteiger partial charge in [0.15, 0.2) is 11.3 Å². The number of hydrogen-bond acceptors (Lipinski definition) is 7. The number of amides is 1. The number of anilines is 1. The zero-order valence-electron chi connectivity index (χ0n) is 20.3. The van der Waals surface area contributed by atoms with Gasteiger partial charge >= 0.3 is 0 Å². The summed E-state index contributed by atoms with van der Waals surface area (Å²) in [5.41, 5.74) is 8.95. The van der Waals surface area contributed by atoms with Gasteiger partial charge < -0.3 is 20.2 Å².